The van der Waals surface area contributed by atoms with Crippen molar-refractivity contribution in [3.8, 4) is 23.1 Å². The predicted molar refractivity (Wildman–Crippen MR) is 126 cm³/mol. The molecule has 0 amide bonds. The predicted octanol–water partition coefficient (Wildman–Crippen LogP) is 2.51. The average Bonchev–Trinajstić information content (AvgIpc) is 2.79. The van der Waals surface area contributed by atoms with E-state index in [4.69, 9.17) is 32.7 Å². The van der Waals surface area contributed by atoms with Crippen LogP contribution in [0, 0.1) is 0 Å². The Balaban J connectivity index is 1.63. The Kier molecular flexibility index (Phi) is 7.52. The highest BCUT2D eigenvalue weighted by molar-refractivity contribution is 7.89. The number of nitrogens with zero attached hydrogens (tertiary/aromatic N) is 3. The summed E-state index contributed by atoms with van der Waals surface area (Å²) in [6.07, 6.45) is -1.53. The lowest BCUT2D eigenvalue weighted by molar-refractivity contribution is 0.0236. The van der Waals surface area contributed by atoms with E-state index in [9.17, 15) is 31.9 Å². The maximum atomic E-state index is 13.0. The minimum atomic E-state index is -4.16. The molecule has 198 valence electrons. The summed E-state index contributed by atoms with van der Waals surface area (Å²) >= 11 is 12.4. The normalized spacial score (nSPS) is 17.6. The molecule has 0 atom stereocenters. The molecule has 12 nitrogen and oxygen atoms in total. The quantitative estimate of drug-likeness (QED) is 0.363. The fraction of sp³-hybridized carbons (Fsp3) is 0.300. The molecule has 1 aromatic carbocycles. The number of benzene rings is 1. The van der Waals surface area contributed by atoms with Gasteiger partial charge in [-0.2, -0.15) is 9.78 Å². The number of aromatic nitrogens is 4. The van der Waals surface area contributed by atoms with Gasteiger partial charge in [0.1, 0.15) is 4.90 Å². The van der Waals surface area contributed by atoms with Crippen LogP contribution in [0.2, 0.25) is 10.0 Å². The van der Waals surface area contributed by atoms with Gasteiger partial charge >= 0.3 is 5.69 Å². The Bertz CT molecular complexity index is 1550. The molecule has 0 spiro atoms. The first kappa shape index (κ1) is 26.9. The van der Waals surface area contributed by atoms with Gasteiger partial charge in [-0.15, -0.1) is 0 Å². The van der Waals surface area contributed by atoms with Crippen molar-refractivity contribution in [2.45, 2.75) is 36.3 Å². The monoisotopic (exact) mass is 579 g/mol. The number of H-pyrrole nitrogens is 1. The van der Waals surface area contributed by atoms with Crippen molar-refractivity contribution >= 4 is 33.2 Å². The van der Waals surface area contributed by atoms with E-state index in [2.05, 4.69) is 14.8 Å². The van der Waals surface area contributed by atoms with E-state index < -0.39 is 44.0 Å². The van der Waals surface area contributed by atoms with Gasteiger partial charge in [-0.1, -0.05) is 23.2 Å². The highest BCUT2D eigenvalue weighted by atomic mass is 35.5. The Labute approximate surface area is 216 Å². The fourth-order valence-corrected chi connectivity index (χ4v) is 5.32. The number of aromatic amines is 1. The molecular weight excluding hydrogens is 563 g/mol. The van der Waals surface area contributed by atoms with Gasteiger partial charge in [0.15, 0.2) is 17.2 Å². The number of rotatable bonds is 8. The molecule has 3 N–H and O–H groups in total. The number of sulfonamides is 1. The summed E-state index contributed by atoms with van der Waals surface area (Å²) in [4.78, 5) is 28.6. The highest BCUT2D eigenvalue weighted by Gasteiger charge is 2.34. The molecule has 2 heterocycles. The molecule has 37 heavy (non-hydrogen) atoms. The number of hydrogen-bond acceptors (Lipinski definition) is 9. The van der Waals surface area contributed by atoms with E-state index in [0.29, 0.717) is 17.5 Å². The molecule has 0 bridgehead atoms. The van der Waals surface area contributed by atoms with Crippen LogP contribution >= 0.6 is 23.2 Å². The molecule has 2 aromatic heterocycles. The molecule has 1 saturated carbocycles. The van der Waals surface area contributed by atoms with Crippen LogP contribution in [0.3, 0.4) is 0 Å². The summed E-state index contributed by atoms with van der Waals surface area (Å²) < 4.78 is 65.2. The fourth-order valence-electron chi connectivity index (χ4n) is 3.42. The van der Waals surface area contributed by atoms with Crippen molar-refractivity contribution in [3.05, 3.63) is 61.0 Å². The van der Waals surface area contributed by atoms with E-state index in [0.717, 1.165) is 24.4 Å². The smallest absolute Gasteiger partial charge is 0.349 e. The molecular formula is C20H17Cl2F2N5O7S. The first-order valence-corrected chi connectivity index (χ1v) is 12.6. The largest absolute Gasteiger partial charge is 0.505 e. The van der Waals surface area contributed by atoms with Crippen LogP contribution in [-0.4, -0.2) is 52.5 Å². The van der Waals surface area contributed by atoms with Crippen LogP contribution in [0.5, 0.6) is 17.4 Å². The van der Waals surface area contributed by atoms with Crippen molar-refractivity contribution < 1.29 is 31.8 Å². The second kappa shape index (κ2) is 10.3. The van der Waals surface area contributed by atoms with E-state index >= 15 is 0 Å². The van der Waals surface area contributed by atoms with E-state index in [1.165, 1.54) is 7.11 Å². The zero-order valence-corrected chi connectivity index (χ0v) is 20.9. The van der Waals surface area contributed by atoms with Crippen molar-refractivity contribution in [2.75, 3.05) is 7.11 Å². The summed E-state index contributed by atoms with van der Waals surface area (Å²) in [5.41, 5.74) is -3.84. The minimum absolute atomic E-state index is 0.0611. The number of halogens is 4. The van der Waals surface area contributed by atoms with Crippen molar-refractivity contribution in [1.82, 2.24) is 24.5 Å². The third-order valence-electron chi connectivity index (χ3n) is 5.35. The number of hydrogen-bond donors (Lipinski definition) is 3. The molecule has 1 aliphatic carbocycles. The van der Waals surface area contributed by atoms with Gasteiger partial charge in [-0.25, -0.2) is 31.7 Å². The lowest BCUT2D eigenvalue weighted by Gasteiger charge is -2.34. The van der Waals surface area contributed by atoms with Gasteiger partial charge in [0.25, 0.3) is 12.0 Å². The maximum Gasteiger partial charge on any atom is 0.349 e. The Hall–Kier alpha value is -3.11. The van der Waals surface area contributed by atoms with Crippen LogP contribution < -0.4 is 20.7 Å². The molecule has 0 radical (unpaired) electrons. The molecule has 0 aliphatic heterocycles. The molecule has 3 aromatic rings. The second-order valence-corrected chi connectivity index (χ2v) is 10.3. The third kappa shape index (κ3) is 5.60. The molecule has 0 saturated heterocycles. The van der Waals surface area contributed by atoms with E-state index in [1.807, 2.05) is 0 Å². The van der Waals surface area contributed by atoms with E-state index in [-0.39, 0.29) is 39.5 Å². The van der Waals surface area contributed by atoms with Crippen molar-refractivity contribution in [2.24, 2.45) is 0 Å². The number of methoxy groups -OCH3 is 1. The van der Waals surface area contributed by atoms with Crippen molar-refractivity contribution in [1.29, 1.82) is 0 Å². The topological polar surface area (TPSA) is 165 Å². The van der Waals surface area contributed by atoms with Gasteiger partial charge in [0.2, 0.25) is 15.9 Å². The number of ether oxygens (including phenoxy) is 2. The van der Waals surface area contributed by atoms with Crippen LogP contribution in [0.4, 0.5) is 8.78 Å². The SMILES string of the molecule is COC1CC(NS(=O)(=O)c2cc(Oc3c(Cl)cc(-n4nc(C(F)F)c(=O)[nH]c4=O)cc3Cl)ncc2O)C1. The summed E-state index contributed by atoms with van der Waals surface area (Å²) in [6, 6.07) is 2.76. The maximum absolute atomic E-state index is 13.0. The van der Waals surface area contributed by atoms with Gasteiger partial charge < -0.3 is 14.6 Å². The van der Waals surface area contributed by atoms with Gasteiger partial charge in [-0.05, 0) is 25.0 Å². The van der Waals surface area contributed by atoms with E-state index in [1.54, 1.807) is 4.98 Å². The summed E-state index contributed by atoms with van der Waals surface area (Å²) in [5.74, 6) is -1.17. The standard InChI is InChI=1S/C20H17Cl2F2N5O7S/c1-35-10-2-8(3-10)28-37(33,34)14-6-15(25-7-13(14)30)36-17-11(21)4-9(5-12(17)22)29-20(32)26-19(31)16(27-29)18(23)24/h4-8,10,18,28,30H,2-3H2,1H3,(H,26,31,32). The number of pyridine rings is 1. The molecule has 1 aliphatic rings. The molecule has 0 unspecified atom stereocenters. The Morgan fingerprint density at radius 3 is 2.46 bits per heavy atom. The van der Waals surface area contributed by atoms with Gasteiger partial charge in [0, 0.05) is 19.2 Å². The summed E-state index contributed by atoms with van der Waals surface area (Å²) in [7, 11) is -2.64. The van der Waals surface area contributed by atoms with Crippen molar-refractivity contribution in [3.63, 3.8) is 0 Å². The Morgan fingerprint density at radius 1 is 1.22 bits per heavy atom. The lowest BCUT2D eigenvalue weighted by Crippen LogP contribution is -2.47. The zero-order valence-electron chi connectivity index (χ0n) is 18.6. The second-order valence-electron chi connectivity index (χ2n) is 7.84. The lowest BCUT2D eigenvalue weighted by atomic mass is 9.90. The summed E-state index contributed by atoms with van der Waals surface area (Å²) in [6.45, 7) is 0. The number of aromatic hydroxyl groups is 1. The van der Waals surface area contributed by atoms with Crippen LogP contribution in [-0.2, 0) is 14.8 Å². The first-order valence-electron chi connectivity index (χ1n) is 10.3. The number of alkyl halides is 2. The average molecular weight is 580 g/mol. The van der Waals surface area contributed by atoms with Crippen LogP contribution in [0.25, 0.3) is 5.69 Å². The Morgan fingerprint density at radius 2 is 1.86 bits per heavy atom. The molecule has 4 rings (SSSR count). The highest BCUT2D eigenvalue weighted by Crippen LogP contribution is 2.39. The third-order valence-corrected chi connectivity index (χ3v) is 7.47. The van der Waals surface area contributed by atoms with Gasteiger partial charge in [-0.3, -0.25) is 9.78 Å². The molecule has 1 fully saturated rings. The van der Waals surface area contributed by atoms with Gasteiger partial charge in [0.05, 0.1) is 28.0 Å². The van der Waals surface area contributed by atoms with Crippen LogP contribution in [0.1, 0.15) is 25.0 Å². The zero-order chi connectivity index (χ0) is 27.1. The molecule has 17 heteroatoms. The number of nitrogens with one attached hydrogen (secondary N) is 2. The van der Waals surface area contributed by atoms with Crippen LogP contribution in [0.15, 0.2) is 38.9 Å². The minimum Gasteiger partial charge on any atom is -0.505 e. The first-order chi connectivity index (χ1) is 17.4. The summed E-state index contributed by atoms with van der Waals surface area (Å²) in [5, 5.41) is 13.0.